The molecule has 0 heterocycles. The smallest absolute Gasteiger partial charge is 0.119 e. The van der Waals surface area contributed by atoms with Gasteiger partial charge >= 0.3 is 0 Å². The molecule has 0 unspecified atom stereocenters. The maximum absolute atomic E-state index is 9.78. The lowest BCUT2D eigenvalue weighted by molar-refractivity contribution is 0.469. The van der Waals surface area contributed by atoms with E-state index in [1.807, 2.05) is 6.07 Å². The van der Waals surface area contributed by atoms with Crippen molar-refractivity contribution in [1.29, 1.82) is 0 Å². The summed E-state index contributed by atoms with van der Waals surface area (Å²) in [6.45, 7) is 8.35. The van der Waals surface area contributed by atoms with Crippen molar-refractivity contribution in [1.82, 2.24) is 0 Å². The summed E-state index contributed by atoms with van der Waals surface area (Å²) < 4.78 is 0. The summed E-state index contributed by atoms with van der Waals surface area (Å²) in [6, 6.07) is 5.87. The number of hydrogen-bond acceptors (Lipinski definition) is 1. The number of phenols is 1. The minimum absolute atomic E-state index is 0.392. The van der Waals surface area contributed by atoms with Crippen LogP contribution in [-0.2, 0) is 12.8 Å². The molecule has 0 aromatic heterocycles. The van der Waals surface area contributed by atoms with Gasteiger partial charge in [-0.05, 0) is 57.7 Å². The number of phenolic OH excluding ortho intramolecular Hbond substituents is 1. The van der Waals surface area contributed by atoms with E-state index in [2.05, 4.69) is 45.9 Å². The Labute approximate surface area is 104 Å². The highest BCUT2D eigenvalue weighted by Gasteiger charge is 2.01. The zero-order valence-corrected chi connectivity index (χ0v) is 11.2. The van der Waals surface area contributed by atoms with Crippen LogP contribution in [0.1, 0.15) is 38.8 Å². The highest BCUT2D eigenvalue weighted by atomic mass is 16.3. The van der Waals surface area contributed by atoms with E-state index in [-0.39, 0.29) is 0 Å². The third-order valence-electron chi connectivity index (χ3n) is 2.62. The molecule has 0 saturated heterocycles. The van der Waals surface area contributed by atoms with Crippen LogP contribution in [0.4, 0.5) is 0 Å². The number of rotatable bonds is 4. The Morgan fingerprint density at radius 2 is 1.59 bits per heavy atom. The third-order valence-corrected chi connectivity index (χ3v) is 2.62. The van der Waals surface area contributed by atoms with Crippen LogP contribution in [0, 0.1) is 0 Å². The van der Waals surface area contributed by atoms with Crippen molar-refractivity contribution in [3.05, 3.63) is 52.6 Å². The van der Waals surface area contributed by atoms with E-state index in [0.717, 1.165) is 18.4 Å². The van der Waals surface area contributed by atoms with Gasteiger partial charge in [0.25, 0.3) is 0 Å². The number of allylic oxidation sites excluding steroid dienone is 4. The maximum Gasteiger partial charge on any atom is 0.119 e. The second-order valence-electron chi connectivity index (χ2n) is 4.93. The highest BCUT2D eigenvalue weighted by molar-refractivity contribution is 5.38. The van der Waals surface area contributed by atoms with Gasteiger partial charge in [-0.1, -0.05) is 35.4 Å². The lowest BCUT2D eigenvalue weighted by atomic mass is 10.0. The van der Waals surface area contributed by atoms with Crippen LogP contribution in [0.2, 0.25) is 0 Å². The summed E-state index contributed by atoms with van der Waals surface area (Å²) in [5, 5.41) is 9.78. The molecule has 0 spiro atoms. The van der Waals surface area contributed by atoms with Crippen LogP contribution < -0.4 is 0 Å². The summed E-state index contributed by atoms with van der Waals surface area (Å²) in [5.41, 5.74) is 4.86. The van der Waals surface area contributed by atoms with Gasteiger partial charge in [0.05, 0.1) is 0 Å². The molecular weight excluding hydrogens is 208 g/mol. The molecule has 1 aromatic rings. The van der Waals surface area contributed by atoms with Crippen LogP contribution >= 0.6 is 0 Å². The van der Waals surface area contributed by atoms with Crippen molar-refractivity contribution < 1.29 is 5.11 Å². The van der Waals surface area contributed by atoms with Crippen molar-refractivity contribution >= 4 is 0 Å². The third kappa shape index (κ3) is 4.90. The molecule has 0 radical (unpaired) electrons. The number of benzene rings is 1. The molecule has 1 heteroatoms. The average Bonchev–Trinajstić information content (AvgIpc) is 2.26. The minimum atomic E-state index is 0.392. The zero-order valence-electron chi connectivity index (χ0n) is 11.2. The van der Waals surface area contributed by atoms with E-state index in [1.54, 1.807) is 6.07 Å². The van der Waals surface area contributed by atoms with E-state index in [9.17, 15) is 5.11 Å². The molecule has 1 N–H and O–H groups in total. The Kier molecular flexibility index (Phi) is 5.02. The molecular formula is C16H22O. The second kappa shape index (κ2) is 6.29. The van der Waals surface area contributed by atoms with Gasteiger partial charge in [0.2, 0.25) is 0 Å². The summed E-state index contributed by atoms with van der Waals surface area (Å²) >= 11 is 0. The molecule has 0 aliphatic heterocycles. The predicted octanol–water partition coefficient (Wildman–Crippen LogP) is 4.41. The summed E-state index contributed by atoms with van der Waals surface area (Å²) in [6.07, 6.45) is 6.08. The molecule has 17 heavy (non-hydrogen) atoms. The SMILES string of the molecule is CC(C)=CCc1ccc(O)c(CC=C(C)C)c1. The summed E-state index contributed by atoms with van der Waals surface area (Å²) in [4.78, 5) is 0. The van der Waals surface area contributed by atoms with Crippen LogP contribution in [0.15, 0.2) is 41.5 Å². The van der Waals surface area contributed by atoms with E-state index < -0.39 is 0 Å². The van der Waals surface area contributed by atoms with Crippen LogP contribution in [0.25, 0.3) is 0 Å². The van der Waals surface area contributed by atoms with Crippen LogP contribution in [-0.4, -0.2) is 5.11 Å². The Balaban J connectivity index is 2.86. The quantitative estimate of drug-likeness (QED) is 0.760. The fourth-order valence-electron chi connectivity index (χ4n) is 1.57. The van der Waals surface area contributed by atoms with Crippen molar-refractivity contribution in [3.63, 3.8) is 0 Å². The monoisotopic (exact) mass is 230 g/mol. The summed E-state index contributed by atoms with van der Waals surface area (Å²) in [5.74, 6) is 0.392. The van der Waals surface area contributed by atoms with E-state index in [4.69, 9.17) is 0 Å². The highest BCUT2D eigenvalue weighted by Crippen LogP contribution is 2.20. The fraction of sp³-hybridized carbons (Fsp3) is 0.375. The molecule has 1 rings (SSSR count). The van der Waals surface area contributed by atoms with Gasteiger partial charge in [-0.2, -0.15) is 0 Å². The molecule has 0 fully saturated rings. The lowest BCUT2D eigenvalue weighted by Gasteiger charge is -2.05. The Hall–Kier alpha value is -1.50. The second-order valence-corrected chi connectivity index (χ2v) is 4.93. The molecule has 0 bridgehead atoms. The van der Waals surface area contributed by atoms with Crippen molar-refractivity contribution in [3.8, 4) is 5.75 Å². The van der Waals surface area contributed by atoms with Gasteiger partial charge in [-0.3, -0.25) is 0 Å². The average molecular weight is 230 g/mol. The van der Waals surface area contributed by atoms with Gasteiger partial charge in [-0.25, -0.2) is 0 Å². The van der Waals surface area contributed by atoms with Gasteiger partial charge in [0.15, 0.2) is 0 Å². The minimum Gasteiger partial charge on any atom is -0.508 e. The molecule has 92 valence electrons. The van der Waals surface area contributed by atoms with E-state index >= 15 is 0 Å². The molecule has 1 nitrogen and oxygen atoms in total. The summed E-state index contributed by atoms with van der Waals surface area (Å²) in [7, 11) is 0. The Morgan fingerprint density at radius 3 is 2.18 bits per heavy atom. The number of aromatic hydroxyl groups is 1. The topological polar surface area (TPSA) is 20.2 Å². The fourth-order valence-corrected chi connectivity index (χ4v) is 1.57. The molecule has 0 aliphatic rings. The molecule has 1 aromatic carbocycles. The predicted molar refractivity (Wildman–Crippen MR) is 74.4 cm³/mol. The van der Waals surface area contributed by atoms with Crippen molar-refractivity contribution in [2.24, 2.45) is 0 Å². The van der Waals surface area contributed by atoms with Crippen molar-refractivity contribution in [2.75, 3.05) is 0 Å². The normalized spacial score (nSPS) is 9.88. The Morgan fingerprint density at radius 1 is 1.00 bits per heavy atom. The lowest BCUT2D eigenvalue weighted by Crippen LogP contribution is -1.88. The maximum atomic E-state index is 9.78. The first-order valence-electron chi connectivity index (χ1n) is 6.06. The van der Waals surface area contributed by atoms with Gasteiger partial charge in [-0.15, -0.1) is 0 Å². The molecule has 0 atom stereocenters. The molecule has 0 aliphatic carbocycles. The Bertz CT molecular complexity index is 431. The van der Waals surface area contributed by atoms with Crippen LogP contribution in [0.3, 0.4) is 0 Å². The molecule has 0 saturated carbocycles. The molecule has 0 amide bonds. The standard InChI is InChI=1S/C16H22O/c1-12(2)5-7-14-8-10-16(17)15(11-14)9-6-13(3)4/h5-6,8,10-11,17H,7,9H2,1-4H3. The van der Waals surface area contributed by atoms with Gasteiger partial charge < -0.3 is 5.11 Å². The van der Waals surface area contributed by atoms with E-state index in [1.165, 1.54) is 16.7 Å². The van der Waals surface area contributed by atoms with Gasteiger partial charge in [0, 0.05) is 0 Å². The van der Waals surface area contributed by atoms with Crippen molar-refractivity contribution in [2.45, 2.75) is 40.5 Å². The first kappa shape index (κ1) is 13.6. The first-order chi connectivity index (χ1) is 7.99. The van der Waals surface area contributed by atoms with E-state index in [0.29, 0.717) is 5.75 Å². The largest absolute Gasteiger partial charge is 0.508 e. The van der Waals surface area contributed by atoms with Gasteiger partial charge in [0.1, 0.15) is 5.75 Å². The first-order valence-corrected chi connectivity index (χ1v) is 6.06. The zero-order chi connectivity index (χ0) is 12.8. The number of hydrogen-bond donors (Lipinski definition) is 1. The van der Waals surface area contributed by atoms with Crippen LogP contribution in [0.5, 0.6) is 5.75 Å².